The molecule has 0 aromatic carbocycles. The van der Waals surface area contributed by atoms with Crippen molar-refractivity contribution in [2.24, 2.45) is 5.92 Å². The third-order valence-electron chi connectivity index (χ3n) is 2.05. The van der Waals surface area contributed by atoms with Crippen molar-refractivity contribution >= 4 is 5.97 Å². The maximum atomic E-state index is 11.1. The zero-order valence-corrected chi connectivity index (χ0v) is 7.41. The van der Waals surface area contributed by atoms with Crippen LogP contribution in [0, 0.1) is 5.92 Å². The van der Waals surface area contributed by atoms with Crippen molar-refractivity contribution in [1.29, 1.82) is 0 Å². The first-order chi connectivity index (χ1) is 5.65. The van der Waals surface area contributed by atoms with E-state index in [-0.39, 0.29) is 30.6 Å². The Morgan fingerprint density at radius 2 is 2.50 bits per heavy atom. The molecule has 0 amide bonds. The van der Waals surface area contributed by atoms with E-state index in [4.69, 9.17) is 9.84 Å². The molecule has 0 saturated carbocycles. The Labute approximate surface area is 71.9 Å². The highest BCUT2D eigenvalue weighted by atomic mass is 16.5. The van der Waals surface area contributed by atoms with E-state index in [1.807, 2.05) is 13.8 Å². The summed E-state index contributed by atoms with van der Waals surface area (Å²) in [5, 5.41) is 11.8. The fourth-order valence-corrected chi connectivity index (χ4v) is 1.22. The third-order valence-corrected chi connectivity index (χ3v) is 2.05. The van der Waals surface area contributed by atoms with E-state index in [0.29, 0.717) is 6.61 Å². The topological polar surface area (TPSA) is 58.6 Å². The van der Waals surface area contributed by atoms with E-state index >= 15 is 0 Å². The molecule has 0 spiro atoms. The number of carbonyl (C=O) groups excluding carboxylic acids is 1. The third kappa shape index (κ3) is 1.95. The van der Waals surface area contributed by atoms with Gasteiger partial charge in [0.25, 0.3) is 0 Å². The van der Waals surface area contributed by atoms with Gasteiger partial charge in [-0.05, 0) is 6.92 Å². The molecule has 1 aliphatic rings. The van der Waals surface area contributed by atoms with Crippen molar-refractivity contribution in [2.75, 3.05) is 13.2 Å². The average Bonchev–Trinajstić information content (AvgIpc) is 2.35. The minimum atomic E-state index is -0.243. The number of hydrogen-bond donors (Lipinski definition) is 2. The molecular weight excluding hydrogens is 158 g/mol. The highest BCUT2D eigenvalue weighted by Gasteiger charge is 2.34. The monoisotopic (exact) mass is 173 g/mol. The molecule has 2 unspecified atom stereocenters. The van der Waals surface area contributed by atoms with Gasteiger partial charge in [-0.1, -0.05) is 6.92 Å². The number of aliphatic hydroxyl groups is 1. The highest BCUT2D eigenvalue weighted by Crippen LogP contribution is 2.14. The quantitative estimate of drug-likeness (QED) is 0.566. The Morgan fingerprint density at radius 3 is 2.92 bits per heavy atom. The smallest absolute Gasteiger partial charge is 0.323 e. The van der Waals surface area contributed by atoms with Crippen LogP contribution >= 0.6 is 0 Å². The summed E-state index contributed by atoms with van der Waals surface area (Å²) in [5.74, 6) is -0.00528. The van der Waals surface area contributed by atoms with Crippen LogP contribution in [0.2, 0.25) is 0 Å². The SMILES string of the molecule is CC1COC(=O)C1N[C@H](C)CO. The van der Waals surface area contributed by atoms with Gasteiger partial charge in [-0.2, -0.15) is 0 Å². The van der Waals surface area contributed by atoms with Crippen molar-refractivity contribution in [3.05, 3.63) is 0 Å². The minimum absolute atomic E-state index is 0.0382. The summed E-state index contributed by atoms with van der Waals surface area (Å²) in [6, 6.07) is -0.296. The molecule has 1 aliphatic heterocycles. The van der Waals surface area contributed by atoms with Crippen molar-refractivity contribution < 1.29 is 14.6 Å². The summed E-state index contributed by atoms with van der Waals surface area (Å²) in [4.78, 5) is 11.1. The molecule has 4 heteroatoms. The molecule has 3 atom stereocenters. The van der Waals surface area contributed by atoms with Crippen LogP contribution in [0.25, 0.3) is 0 Å². The van der Waals surface area contributed by atoms with E-state index in [0.717, 1.165) is 0 Å². The summed E-state index contributed by atoms with van der Waals surface area (Å²) in [6.45, 7) is 4.30. The van der Waals surface area contributed by atoms with Crippen LogP contribution in [0.1, 0.15) is 13.8 Å². The minimum Gasteiger partial charge on any atom is -0.464 e. The number of carbonyl (C=O) groups is 1. The second-order valence-corrected chi connectivity index (χ2v) is 3.34. The van der Waals surface area contributed by atoms with E-state index < -0.39 is 0 Å². The van der Waals surface area contributed by atoms with Gasteiger partial charge in [-0.15, -0.1) is 0 Å². The fourth-order valence-electron chi connectivity index (χ4n) is 1.22. The number of ether oxygens (including phenoxy) is 1. The summed E-state index contributed by atoms with van der Waals surface area (Å²) in [5.41, 5.74) is 0. The van der Waals surface area contributed by atoms with Gasteiger partial charge in [0.2, 0.25) is 0 Å². The number of nitrogens with one attached hydrogen (secondary N) is 1. The Hall–Kier alpha value is -0.610. The Morgan fingerprint density at radius 1 is 1.83 bits per heavy atom. The first-order valence-corrected chi connectivity index (χ1v) is 4.18. The van der Waals surface area contributed by atoms with Crippen LogP contribution in [0.5, 0.6) is 0 Å². The van der Waals surface area contributed by atoms with Crippen molar-refractivity contribution in [3.8, 4) is 0 Å². The molecule has 1 heterocycles. The van der Waals surface area contributed by atoms with Crippen molar-refractivity contribution in [3.63, 3.8) is 0 Å². The molecule has 0 bridgehead atoms. The normalized spacial score (nSPS) is 31.8. The number of hydrogen-bond acceptors (Lipinski definition) is 4. The molecule has 70 valence electrons. The van der Waals surface area contributed by atoms with Gasteiger partial charge < -0.3 is 9.84 Å². The zero-order chi connectivity index (χ0) is 9.14. The average molecular weight is 173 g/mol. The summed E-state index contributed by atoms with van der Waals surface area (Å²) < 4.78 is 4.84. The van der Waals surface area contributed by atoms with E-state index in [9.17, 15) is 4.79 Å². The van der Waals surface area contributed by atoms with E-state index in [1.54, 1.807) is 0 Å². The summed E-state index contributed by atoms with van der Waals surface area (Å²) >= 11 is 0. The second-order valence-electron chi connectivity index (χ2n) is 3.34. The molecule has 1 saturated heterocycles. The van der Waals surface area contributed by atoms with Gasteiger partial charge in [-0.3, -0.25) is 10.1 Å². The Bertz CT molecular complexity index is 172. The van der Waals surface area contributed by atoms with Gasteiger partial charge in [0, 0.05) is 12.0 Å². The van der Waals surface area contributed by atoms with Crippen LogP contribution in [-0.2, 0) is 9.53 Å². The van der Waals surface area contributed by atoms with Gasteiger partial charge >= 0.3 is 5.97 Å². The lowest BCUT2D eigenvalue weighted by molar-refractivity contribution is -0.139. The standard InChI is InChI=1S/C8H15NO3/c1-5-4-12-8(11)7(5)9-6(2)3-10/h5-7,9-10H,3-4H2,1-2H3/t5?,6-,7?/m1/s1. The van der Waals surface area contributed by atoms with Crippen LogP contribution < -0.4 is 5.32 Å². The number of cyclic esters (lactones) is 1. The Kier molecular flexibility index (Phi) is 3.05. The maximum absolute atomic E-state index is 11.1. The van der Waals surface area contributed by atoms with Crippen LogP contribution in [0.4, 0.5) is 0 Å². The molecule has 12 heavy (non-hydrogen) atoms. The number of aliphatic hydroxyl groups excluding tert-OH is 1. The first-order valence-electron chi connectivity index (χ1n) is 4.18. The van der Waals surface area contributed by atoms with Gasteiger partial charge in [-0.25, -0.2) is 0 Å². The molecule has 1 fully saturated rings. The Balaban J connectivity index is 2.44. The molecule has 0 radical (unpaired) electrons. The summed E-state index contributed by atoms with van der Waals surface area (Å²) in [6.07, 6.45) is 0. The van der Waals surface area contributed by atoms with Gasteiger partial charge in [0.15, 0.2) is 0 Å². The largest absolute Gasteiger partial charge is 0.464 e. The predicted octanol–water partition coefficient (Wildman–Crippen LogP) is -0.482. The molecule has 0 aromatic rings. The molecule has 1 rings (SSSR count). The summed E-state index contributed by atoms with van der Waals surface area (Å²) in [7, 11) is 0. The molecular formula is C8H15NO3. The molecule has 4 nitrogen and oxygen atoms in total. The highest BCUT2D eigenvalue weighted by molar-refractivity contribution is 5.78. The lowest BCUT2D eigenvalue weighted by atomic mass is 10.1. The van der Waals surface area contributed by atoms with Crippen molar-refractivity contribution in [1.82, 2.24) is 5.32 Å². The zero-order valence-electron chi connectivity index (χ0n) is 7.41. The number of rotatable bonds is 3. The maximum Gasteiger partial charge on any atom is 0.323 e. The van der Waals surface area contributed by atoms with Gasteiger partial charge in [0.05, 0.1) is 13.2 Å². The second kappa shape index (κ2) is 3.87. The molecule has 0 aliphatic carbocycles. The van der Waals surface area contributed by atoms with Crippen LogP contribution in [0.15, 0.2) is 0 Å². The lowest BCUT2D eigenvalue weighted by Crippen LogP contribution is -2.44. The van der Waals surface area contributed by atoms with Gasteiger partial charge in [0.1, 0.15) is 6.04 Å². The number of esters is 1. The lowest BCUT2D eigenvalue weighted by Gasteiger charge is -2.17. The molecule has 0 aromatic heterocycles. The van der Waals surface area contributed by atoms with E-state index in [1.165, 1.54) is 0 Å². The fraction of sp³-hybridized carbons (Fsp3) is 0.875. The first kappa shape index (κ1) is 9.48. The predicted molar refractivity (Wildman–Crippen MR) is 43.6 cm³/mol. The van der Waals surface area contributed by atoms with Crippen LogP contribution in [0.3, 0.4) is 0 Å². The van der Waals surface area contributed by atoms with Crippen LogP contribution in [-0.4, -0.2) is 36.4 Å². The van der Waals surface area contributed by atoms with E-state index in [2.05, 4.69) is 5.32 Å². The van der Waals surface area contributed by atoms with Crippen molar-refractivity contribution in [2.45, 2.75) is 25.9 Å². The molecule has 2 N–H and O–H groups in total.